The van der Waals surface area contributed by atoms with Gasteiger partial charge in [0.1, 0.15) is 5.76 Å². The number of hydrogen-bond acceptors (Lipinski definition) is 3. The van der Waals surface area contributed by atoms with Gasteiger partial charge in [0, 0.05) is 22.6 Å². The third kappa shape index (κ3) is 3.68. The van der Waals surface area contributed by atoms with Crippen LogP contribution in [0, 0.1) is 0 Å². The first-order chi connectivity index (χ1) is 11.1. The van der Waals surface area contributed by atoms with Gasteiger partial charge < -0.3 is 9.64 Å². The summed E-state index contributed by atoms with van der Waals surface area (Å²) in [5, 5.41) is 0. The molecule has 4 nitrogen and oxygen atoms in total. The topological polar surface area (TPSA) is 46.6 Å². The van der Waals surface area contributed by atoms with E-state index in [-0.39, 0.29) is 0 Å². The summed E-state index contributed by atoms with van der Waals surface area (Å²) in [6.45, 7) is 0. The van der Waals surface area contributed by atoms with E-state index in [1.807, 2.05) is 36.4 Å². The summed E-state index contributed by atoms with van der Waals surface area (Å²) in [4.78, 5) is 24.4. The maximum absolute atomic E-state index is 11.8. The van der Waals surface area contributed by atoms with Gasteiger partial charge in [0.25, 0.3) is 0 Å². The SMILES string of the molecule is CO/C(=C(\C=O)c1cc(Br)ccc1N(C)C=O)c1ccccc1. The number of nitrogens with zero attached hydrogens (tertiary/aromatic N) is 1. The summed E-state index contributed by atoms with van der Waals surface area (Å²) in [5.41, 5.74) is 2.40. The van der Waals surface area contributed by atoms with Crippen molar-refractivity contribution >= 4 is 45.6 Å². The summed E-state index contributed by atoms with van der Waals surface area (Å²) in [5.74, 6) is 0.458. The van der Waals surface area contributed by atoms with Crippen molar-refractivity contribution in [1.29, 1.82) is 0 Å². The van der Waals surface area contributed by atoms with Gasteiger partial charge in [-0.05, 0) is 18.2 Å². The van der Waals surface area contributed by atoms with Crippen LogP contribution in [0.4, 0.5) is 5.69 Å². The lowest BCUT2D eigenvalue weighted by molar-refractivity contribution is -0.107. The molecule has 0 aliphatic rings. The zero-order valence-electron chi connectivity index (χ0n) is 12.8. The lowest BCUT2D eigenvalue weighted by Gasteiger charge is -2.18. The van der Waals surface area contributed by atoms with Crippen molar-refractivity contribution in [2.24, 2.45) is 0 Å². The van der Waals surface area contributed by atoms with Crippen molar-refractivity contribution in [2.45, 2.75) is 0 Å². The molecule has 2 rings (SSSR count). The number of amides is 1. The molecule has 0 unspecified atom stereocenters. The summed E-state index contributed by atoms with van der Waals surface area (Å²) >= 11 is 3.41. The highest BCUT2D eigenvalue weighted by Crippen LogP contribution is 2.33. The molecule has 0 N–H and O–H groups in total. The summed E-state index contributed by atoms with van der Waals surface area (Å²) in [6, 6.07) is 14.7. The molecule has 1 amide bonds. The molecule has 0 heterocycles. The molecule has 2 aromatic carbocycles. The molecule has 0 spiro atoms. The van der Waals surface area contributed by atoms with Crippen LogP contribution in [0.15, 0.2) is 53.0 Å². The number of halogens is 1. The summed E-state index contributed by atoms with van der Waals surface area (Å²) in [6.07, 6.45) is 1.44. The molecule has 0 aliphatic heterocycles. The van der Waals surface area contributed by atoms with Gasteiger partial charge in [-0.15, -0.1) is 0 Å². The zero-order chi connectivity index (χ0) is 16.8. The van der Waals surface area contributed by atoms with Crippen molar-refractivity contribution in [2.75, 3.05) is 19.1 Å². The Kier molecular flexibility index (Phi) is 5.71. The molecular formula is C18H16BrNO3. The van der Waals surface area contributed by atoms with Gasteiger partial charge >= 0.3 is 0 Å². The molecule has 118 valence electrons. The Morgan fingerprint density at radius 3 is 2.39 bits per heavy atom. The van der Waals surface area contributed by atoms with Crippen LogP contribution in [0.5, 0.6) is 0 Å². The van der Waals surface area contributed by atoms with Crippen molar-refractivity contribution in [3.05, 3.63) is 64.1 Å². The van der Waals surface area contributed by atoms with E-state index in [1.54, 1.807) is 19.2 Å². The molecule has 0 aliphatic carbocycles. The van der Waals surface area contributed by atoms with Crippen LogP contribution < -0.4 is 4.90 Å². The van der Waals surface area contributed by atoms with Gasteiger partial charge in [0.2, 0.25) is 6.41 Å². The van der Waals surface area contributed by atoms with E-state index in [0.29, 0.717) is 29.0 Å². The zero-order valence-corrected chi connectivity index (χ0v) is 14.4. The molecule has 23 heavy (non-hydrogen) atoms. The quantitative estimate of drug-likeness (QED) is 0.335. The second-order valence-corrected chi connectivity index (χ2v) is 5.72. The first kappa shape index (κ1) is 17.0. The molecule has 0 saturated heterocycles. The van der Waals surface area contributed by atoms with Crippen molar-refractivity contribution < 1.29 is 14.3 Å². The monoisotopic (exact) mass is 373 g/mol. The minimum absolute atomic E-state index is 0.378. The van der Waals surface area contributed by atoms with Gasteiger partial charge in [-0.25, -0.2) is 0 Å². The number of hydrogen-bond donors (Lipinski definition) is 0. The number of carbonyl (C=O) groups is 2. The Labute approximate surface area is 143 Å². The Hall–Kier alpha value is -2.40. The molecule has 0 bridgehead atoms. The Bertz CT molecular complexity index is 741. The van der Waals surface area contributed by atoms with E-state index in [2.05, 4.69) is 15.9 Å². The third-order valence-electron chi connectivity index (χ3n) is 3.39. The highest BCUT2D eigenvalue weighted by atomic mass is 79.9. The minimum atomic E-state index is 0.378. The summed E-state index contributed by atoms with van der Waals surface area (Å²) < 4.78 is 6.28. The number of benzene rings is 2. The fraction of sp³-hybridized carbons (Fsp3) is 0.111. The smallest absolute Gasteiger partial charge is 0.213 e. The van der Waals surface area contributed by atoms with Crippen molar-refractivity contribution in [1.82, 2.24) is 0 Å². The molecule has 0 saturated carbocycles. The first-order valence-electron chi connectivity index (χ1n) is 6.89. The van der Waals surface area contributed by atoms with Crippen LogP contribution in [0.2, 0.25) is 0 Å². The highest BCUT2D eigenvalue weighted by Gasteiger charge is 2.17. The largest absolute Gasteiger partial charge is 0.495 e. The van der Waals surface area contributed by atoms with E-state index in [1.165, 1.54) is 12.0 Å². The van der Waals surface area contributed by atoms with Gasteiger partial charge in [0.15, 0.2) is 6.29 Å². The van der Waals surface area contributed by atoms with Gasteiger partial charge in [0.05, 0.1) is 18.4 Å². The number of rotatable bonds is 6. The summed E-state index contributed by atoms with van der Waals surface area (Å²) in [7, 11) is 3.16. The lowest BCUT2D eigenvalue weighted by atomic mass is 10.00. The molecule has 5 heteroatoms. The third-order valence-corrected chi connectivity index (χ3v) is 3.88. The number of allylic oxidation sites excluding steroid dienone is 1. The average Bonchev–Trinajstić information content (AvgIpc) is 2.59. The molecule has 0 aromatic heterocycles. The Morgan fingerprint density at radius 1 is 1.13 bits per heavy atom. The normalized spacial score (nSPS) is 11.4. The molecule has 2 aromatic rings. The van der Waals surface area contributed by atoms with E-state index in [4.69, 9.17) is 4.74 Å². The van der Waals surface area contributed by atoms with Crippen LogP contribution >= 0.6 is 15.9 Å². The van der Waals surface area contributed by atoms with Crippen LogP contribution in [0.3, 0.4) is 0 Å². The first-order valence-corrected chi connectivity index (χ1v) is 7.68. The van der Waals surface area contributed by atoms with Crippen LogP contribution in [-0.2, 0) is 14.3 Å². The van der Waals surface area contributed by atoms with E-state index >= 15 is 0 Å². The van der Waals surface area contributed by atoms with Crippen LogP contribution in [0.1, 0.15) is 11.1 Å². The predicted molar refractivity (Wildman–Crippen MR) is 94.9 cm³/mol. The van der Waals surface area contributed by atoms with Crippen LogP contribution in [-0.4, -0.2) is 26.9 Å². The van der Waals surface area contributed by atoms with Gasteiger partial charge in [-0.1, -0.05) is 46.3 Å². The molecular weight excluding hydrogens is 358 g/mol. The van der Waals surface area contributed by atoms with Crippen molar-refractivity contribution in [3.8, 4) is 0 Å². The number of aldehydes is 1. The second kappa shape index (κ2) is 7.74. The lowest BCUT2D eigenvalue weighted by Crippen LogP contribution is -2.16. The van der Waals surface area contributed by atoms with Gasteiger partial charge in [-0.2, -0.15) is 0 Å². The highest BCUT2D eigenvalue weighted by molar-refractivity contribution is 9.10. The Morgan fingerprint density at radius 2 is 1.83 bits per heavy atom. The average molecular weight is 374 g/mol. The number of ether oxygens (including phenoxy) is 1. The second-order valence-electron chi connectivity index (χ2n) is 4.81. The number of carbonyl (C=O) groups excluding carboxylic acids is 2. The maximum atomic E-state index is 11.8. The minimum Gasteiger partial charge on any atom is -0.495 e. The standard InChI is InChI=1S/C18H16BrNO3/c1-20(12-22)17-9-8-14(19)10-15(17)16(11-21)18(23-2)13-6-4-3-5-7-13/h3-12H,1-2H3/b18-16+. The van der Waals surface area contributed by atoms with Gasteiger partial charge in [-0.3, -0.25) is 9.59 Å². The Balaban J connectivity index is 2.74. The molecule has 0 radical (unpaired) electrons. The van der Waals surface area contributed by atoms with E-state index in [9.17, 15) is 9.59 Å². The van der Waals surface area contributed by atoms with E-state index < -0.39 is 0 Å². The predicted octanol–water partition coefficient (Wildman–Crippen LogP) is 3.76. The number of anilines is 1. The molecule has 0 fully saturated rings. The fourth-order valence-electron chi connectivity index (χ4n) is 2.30. The van der Waals surface area contributed by atoms with E-state index in [0.717, 1.165) is 16.3 Å². The number of methoxy groups -OCH3 is 1. The molecule has 0 atom stereocenters. The fourth-order valence-corrected chi connectivity index (χ4v) is 2.66. The maximum Gasteiger partial charge on any atom is 0.213 e. The van der Waals surface area contributed by atoms with Crippen molar-refractivity contribution in [3.63, 3.8) is 0 Å². The van der Waals surface area contributed by atoms with Crippen LogP contribution in [0.25, 0.3) is 11.3 Å².